The fourth-order valence-corrected chi connectivity index (χ4v) is 2.60. The van der Waals surface area contributed by atoms with Gasteiger partial charge in [-0.25, -0.2) is 0 Å². The van der Waals surface area contributed by atoms with Crippen molar-refractivity contribution in [1.29, 1.82) is 0 Å². The van der Waals surface area contributed by atoms with Crippen molar-refractivity contribution in [2.24, 2.45) is 4.99 Å². The fourth-order valence-electron chi connectivity index (χ4n) is 1.82. The Morgan fingerprint density at radius 2 is 2.19 bits per heavy atom. The van der Waals surface area contributed by atoms with Crippen LogP contribution < -0.4 is 10.6 Å². The topological polar surface area (TPSA) is 45.6 Å². The SMILES string of the molecule is CCCCOCCNC(=NCC(C)c1cccs1)NCC. The minimum Gasteiger partial charge on any atom is -0.380 e. The molecule has 1 rings (SSSR count). The number of unbranched alkanes of at least 4 members (excludes halogenated alkanes) is 1. The summed E-state index contributed by atoms with van der Waals surface area (Å²) in [7, 11) is 0. The number of nitrogens with zero attached hydrogens (tertiary/aromatic N) is 1. The van der Waals surface area contributed by atoms with Crippen LogP contribution in [0.2, 0.25) is 0 Å². The highest BCUT2D eigenvalue weighted by molar-refractivity contribution is 7.10. The molecule has 1 atom stereocenters. The summed E-state index contributed by atoms with van der Waals surface area (Å²) in [6.45, 7) is 10.5. The van der Waals surface area contributed by atoms with Crippen molar-refractivity contribution in [1.82, 2.24) is 10.6 Å². The van der Waals surface area contributed by atoms with Crippen LogP contribution >= 0.6 is 11.3 Å². The lowest BCUT2D eigenvalue weighted by Gasteiger charge is -2.13. The standard InChI is InChI=1S/C16H29N3OS/c1-4-6-10-20-11-9-18-16(17-5-2)19-13-14(3)15-8-7-12-21-15/h7-8,12,14H,4-6,9-11,13H2,1-3H3,(H2,17,18,19). The van der Waals surface area contributed by atoms with Crippen LogP contribution in [0.4, 0.5) is 0 Å². The van der Waals surface area contributed by atoms with Gasteiger partial charge >= 0.3 is 0 Å². The maximum Gasteiger partial charge on any atom is 0.191 e. The zero-order valence-corrected chi connectivity index (χ0v) is 14.3. The van der Waals surface area contributed by atoms with Crippen LogP contribution in [-0.4, -0.2) is 38.8 Å². The van der Waals surface area contributed by atoms with Crippen LogP contribution in [0.25, 0.3) is 0 Å². The van der Waals surface area contributed by atoms with Crippen LogP contribution in [0, 0.1) is 0 Å². The molecule has 0 spiro atoms. The lowest BCUT2D eigenvalue weighted by molar-refractivity contribution is 0.136. The van der Waals surface area contributed by atoms with Gasteiger partial charge in [0.2, 0.25) is 0 Å². The third-order valence-corrected chi connectivity index (χ3v) is 4.18. The van der Waals surface area contributed by atoms with Crippen molar-refractivity contribution < 1.29 is 4.74 Å². The molecule has 0 amide bonds. The van der Waals surface area contributed by atoms with Crippen molar-refractivity contribution in [3.8, 4) is 0 Å². The first kappa shape index (κ1) is 18.0. The molecule has 21 heavy (non-hydrogen) atoms. The van der Waals surface area contributed by atoms with Crippen LogP contribution in [0.1, 0.15) is 44.4 Å². The second kappa shape index (κ2) is 11.6. The molecule has 1 aromatic rings. The Hall–Kier alpha value is -1.07. The highest BCUT2D eigenvalue weighted by Crippen LogP contribution is 2.20. The Kier molecular flexibility index (Phi) is 9.91. The lowest BCUT2D eigenvalue weighted by Crippen LogP contribution is -2.39. The summed E-state index contributed by atoms with van der Waals surface area (Å²) in [5, 5.41) is 8.71. The molecule has 4 nitrogen and oxygen atoms in total. The Balaban J connectivity index is 2.29. The first-order chi connectivity index (χ1) is 10.3. The fraction of sp³-hybridized carbons (Fsp3) is 0.688. The van der Waals surface area contributed by atoms with E-state index in [1.165, 1.54) is 11.3 Å². The van der Waals surface area contributed by atoms with Crippen molar-refractivity contribution in [2.45, 2.75) is 39.5 Å². The van der Waals surface area contributed by atoms with Crippen molar-refractivity contribution in [3.05, 3.63) is 22.4 Å². The molecule has 120 valence electrons. The van der Waals surface area contributed by atoms with Gasteiger partial charge in [-0.1, -0.05) is 26.3 Å². The van der Waals surface area contributed by atoms with E-state index in [0.717, 1.165) is 45.2 Å². The Morgan fingerprint density at radius 1 is 1.33 bits per heavy atom. The normalized spacial score (nSPS) is 13.2. The number of rotatable bonds is 10. The summed E-state index contributed by atoms with van der Waals surface area (Å²) < 4.78 is 5.54. The third-order valence-electron chi connectivity index (χ3n) is 3.08. The van der Waals surface area contributed by atoms with E-state index in [2.05, 4.69) is 53.9 Å². The molecule has 1 heterocycles. The molecule has 1 aromatic heterocycles. The van der Waals surface area contributed by atoms with Gasteiger partial charge in [-0.05, 0) is 24.8 Å². The second-order valence-corrected chi connectivity index (χ2v) is 6.01. The van der Waals surface area contributed by atoms with E-state index in [1.807, 2.05) is 0 Å². The number of thiophene rings is 1. The number of hydrogen-bond acceptors (Lipinski definition) is 3. The molecule has 2 N–H and O–H groups in total. The molecule has 0 saturated heterocycles. The molecule has 0 aromatic carbocycles. The minimum absolute atomic E-state index is 0.460. The van der Waals surface area contributed by atoms with Crippen molar-refractivity contribution in [2.75, 3.05) is 32.8 Å². The zero-order chi connectivity index (χ0) is 15.3. The number of ether oxygens (including phenoxy) is 1. The Bertz CT molecular complexity index is 379. The summed E-state index contributed by atoms with van der Waals surface area (Å²) in [6.07, 6.45) is 2.31. The summed E-state index contributed by atoms with van der Waals surface area (Å²) in [4.78, 5) is 6.04. The number of guanidine groups is 1. The van der Waals surface area contributed by atoms with Gasteiger partial charge in [0.1, 0.15) is 0 Å². The quantitative estimate of drug-likeness (QED) is 0.396. The highest BCUT2D eigenvalue weighted by atomic mass is 32.1. The molecule has 0 fully saturated rings. The molecular weight excluding hydrogens is 282 g/mol. The maximum absolute atomic E-state index is 5.54. The number of nitrogens with one attached hydrogen (secondary N) is 2. The van der Waals surface area contributed by atoms with Crippen LogP contribution in [0.15, 0.2) is 22.5 Å². The number of aliphatic imine (C=N–C) groups is 1. The van der Waals surface area contributed by atoms with E-state index in [1.54, 1.807) is 11.3 Å². The van der Waals surface area contributed by atoms with Crippen molar-refractivity contribution in [3.63, 3.8) is 0 Å². The van der Waals surface area contributed by atoms with Gasteiger partial charge in [0, 0.05) is 30.5 Å². The van der Waals surface area contributed by atoms with Gasteiger partial charge in [-0.3, -0.25) is 4.99 Å². The molecule has 0 aliphatic rings. The predicted molar refractivity (Wildman–Crippen MR) is 92.4 cm³/mol. The molecule has 1 unspecified atom stereocenters. The van der Waals surface area contributed by atoms with Gasteiger partial charge in [0.05, 0.1) is 13.2 Å². The molecule has 0 saturated carbocycles. The first-order valence-corrected chi connectivity index (χ1v) is 8.79. The van der Waals surface area contributed by atoms with Crippen molar-refractivity contribution >= 4 is 17.3 Å². The average molecular weight is 311 g/mol. The van der Waals surface area contributed by atoms with E-state index in [0.29, 0.717) is 5.92 Å². The first-order valence-electron chi connectivity index (χ1n) is 7.91. The summed E-state index contributed by atoms with van der Waals surface area (Å²) >= 11 is 1.80. The largest absolute Gasteiger partial charge is 0.380 e. The smallest absolute Gasteiger partial charge is 0.191 e. The minimum atomic E-state index is 0.460. The average Bonchev–Trinajstić information content (AvgIpc) is 3.02. The Morgan fingerprint density at radius 3 is 2.86 bits per heavy atom. The molecule has 0 aliphatic carbocycles. The van der Waals surface area contributed by atoms with Crippen LogP contribution in [0.3, 0.4) is 0 Å². The second-order valence-electron chi connectivity index (χ2n) is 5.03. The third kappa shape index (κ3) is 8.07. The van der Waals surface area contributed by atoms with Gasteiger partial charge in [0.25, 0.3) is 0 Å². The van der Waals surface area contributed by atoms with Gasteiger partial charge < -0.3 is 15.4 Å². The summed E-state index contributed by atoms with van der Waals surface area (Å²) in [6, 6.07) is 4.27. The molecule has 5 heteroatoms. The van der Waals surface area contributed by atoms with E-state index in [9.17, 15) is 0 Å². The lowest BCUT2D eigenvalue weighted by atomic mass is 10.1. The summed E-state index contributed by atoms with van der Waals surface area (Å²) in [5.41, 5.74) is 0. The molecule has 0 bridgehead atoms. The monoisotopic (exact) mass is 311 g/mol. The highest BCUT2D eigenvalue weighted by Gasteiger charge is 2.06. The zero-order valence-electron chi connectivity index (χ0n) is 13.5. The number of hydrogen-bond donors (Lipinski definition) is 2. The van der Waals surface area contributed by atoms with E-state index < -0.39 is 0 Å². The summed E-state index contributed by atoms with van der Waals surface area (Å²) in [5.74, 6) is 1.33. The van der Waals surface area contributed by atoms with Gasteiger partial charge in [-0.2, -0.15) is 0 Å². The molecule has 0 aliphatic heterocycles. The maximum atomic E-state index is 5.54. The van der Waals surface area contributed by atoms with Crippen LogP contribution in [0.5, 0.6) is 0 Å². The molecule has 0 radical (unpaired) electrons. The van der Waals surface area contributed by atoms with E-state index in [4.69, 9.17) is 4.74 Å². The van der Waals surface area contributed by atoms with Crippen LogP contribution in [-0.2, 0) is 4.74 Å². The molecular formula is C16H29N3OS. The van der Waals surface area contributed by atoms with Gasteiger partial charge in [-0.15, -0.1) is 11.3 Å². The predicted octanol–water partition coefficient (Wildman–Crippen LogP) is 3.22. The van der Waals surface area contributed by atoms with E-state index in [-0.39, 0.29) is 0 Å². The van der Waals surface area contributed by atoms with Gasteiger partial charge in [0.15, 0.2) is 5.96 Å². The Labute approximate surface area is 133 Å². The van der Waals surface area contributed by atoms with E-state index >= 15 is 0 Å².